The molecule has 6 heteroatoms. The van der Waals surface area contributed by atoms with E-state index in [0.29, 0.717) is 17.5 Å². The molecule has 4 aromatic heterocycles. The smallest absolute Gasteiger partial charge is 0.164 e. The minimum atomic E-state index is 0.595. The maximum absolute atomic E-state index is 4.98. The zero-order valence-electron chi connectivity index (χ0n) is 33.5. The summed E-state index contributed by atoms with van der Waals surface area (Å²) in [6.07, 6.45) is 1.84. The SMILES string of the molecule is c1ccc(-c2nc(-c3ccccc3)nc(-c3ccnc(-c4ccc5c6ccccc6n(-c6ccc(-c7ccc8c9ccccc9n(-c9ccccc9)c8c7)cc6)c5c4)c3)n2)cc1. The van der Waals surface area contributed by atoms with E-state index in [9.17, 15) is 0 Å². The molecule has 0 spiro atoms. The van der Waals surface area contributed by atoms with Crippen LogP contribution < -0.4 is 0 Å². The van der Waals surface area contributed by atoms with Crippen molar-refractivity contribution in [1.29, 1.82) is 0 Å². The van der Waals surface area contributed by atoms with Crippen LogP contribution in [0.5, 0.6) is 0 Å². The lowest BCUT2D eigenvalue weighted by Crippen LogP contribution is -2.00. The first-order valence-corrected chi connectivity index (χ1v) is 20.8. The van der Waals surface area contributed by atoms with E-state index in [2.05, 4.69) is 155 Å². The molecule has 6 nitrogen and oxygen atoms in total. The third-order valence-electron chi connectivity index (χ3n) is 11.8. The second kappa shape index (κ2) is 14.7. The van der Waals surface area contributed by atoms with Gasteiger partial charge in [0.15, 0.2) is 17.5 Å². The molecule has 0 fully saturated rings. The van der Waals surface area contributed by atoms with Gasteiger partial charge in [0.1, 0.15) is 0 Å². The molecule has 0 saturated heterocycles. The number of hydrogen-bond acceptors (Lipinski definition) is 4. The Hall–Kier alpha value is -8.48. The predicted molar refractivity (Wildman–Crippen MR) is 253 cm³/mol. The molecule has 12 rings (SSSR count). The van der Waals surface area contributed by atoms with Crippen molar-refractivity contribution in [2.75, 3.05) is 0 Å². The molecule has 0 aliphatic rings. The van der Waals surface area contributed by atoms with Crippen molar-refractivity contribution in [2.24, 2.45) is 0 Å². The van der Waals surface area contributed by atoms with Crippen molar-refractivity contribution < 1.29 is 0 Å². The topological polar surface area (TPSA) is 61.4 Å². The number of fused-ring (bicyclic) bond motifs is 6. The van der Waals surface area contributed by atoms with Crippen LogP contribution in [0.25, 0.3) is 112 Å². The summed E-state index contributed by atoms with van der Waals surface area (Å²) in [7, 11) is 0. The van der Waals surface area contributed by atoms with Gasteiger partial charge in [-0.1, -0.05) is 152 Å². The van der Waals surface area contributed by atoms with E-state index in [4.69, 9.17) is 19.9 Å². The largest absolute Gasteiger partial charge is 0.309 e. The Morgan fingerprint density at radius 2 is 0.710 bits per heavy atom. The molecule has 0 bridgehead atoms. The monoisotopic (exact) mass is 792 g/mol. The van der Waals surface area contributed by atoms with Gasteiger partial charge in [-0.25, -0.2) is 15.0 Å². The average Bonchev–Trinajstić information content (AvgIpc) is 3.87. The molecule has 0 atom stereocenters. The molecule has 0 N–H and O–H groups in total. The number of hydrogen-bond donors (Lipinski definition) is 0. The number of benzene rings is 8. The van der Waals surface area contributed by atoms with Crippen LogP contribution in [0.4, 0.5) is 0 Å². The van der Waals surface area contributed by atoms with E-state index in [0.717, 1.165) is 55.9 Å². The third kappa shape index (κ3) is 6.04. The van der Waals surface area contributed by atoms with Gasteiger partial charge >= 0.3 is 0 Å². The molecule has 0 unspecified atom stereocenters. The highest BCUT2D eigenvalue weighted by molar-refractivity contribution is 6.11. The molecule has 12 aromatic rings. The van der Waals surface area contributed by atoms with Crippen LogP contribution in [0.1, 0.15) is 0 Å². The minimum absolute atomic E-state index is 0.595. The van der Waals surface area contributed by atoms with Crippen LogP contribution in [0.3, 0.4) is 0 Å². The van der Waals surface area contributed by atoms with Crippen LogP contribution in [-0.4, -0.2) is 29.1 Å². The zero-order valence-corrected chi connectivity index (χ0v) is 33.5. The van der Waals surface area contributed by atoms with Gasteiger partial charge in [0, 0.05) is 61.4 Å². The standard InChI is InChI=1S/C56H36N6/c1-4-14-38(15-5-1)54-58-55(39-16-6-2-7-17-39)60-56(59-54)42-32-33-57-49(34-42)41-27-31-48-46-21-11-13-23-51(46)62(53(48)36-41)44-28-24-37(25-29-44)40-26-30-47-45-20-10-12-22-50(45)61(52(47)35-40)43-18-8-3-9-19-43/h1-36H. The Balaban J connectivity index is 0.945. The fraction of sp³-hybridized carbons (Fsp3) is 0. The van der Waals surface area contributed by atoms with E-state index in [1.165, 1.54) is 38.1 Å². The summed E-state index contributed by atoms with van der Waals surface area (Å²) >= 11 is 0. The summed E-state index contributed by atoms with van der Waals surface area (Å²) in [5.41, 5.74) is 13.8. The van der Waals surface area contributed by atoms with Gasteiger partial charge in [0.25, 0.3) is 0 Å². The van der Waals surface area contributed by atoms with Crippen LogP contribution in [0, 0.1) is 0 Å². The summed E-state index contributed by atoms with van der Waals surface area (Å²) in [4.78, 5) is 19.7. The minimum Gasteiger partial charge on any atom is -0.309 e. The fourth-order valence-corrected chi connectivity index (χ4v) is 8.88. The Morgan fingerprint density at radius 1 is 0.274 bits per heavy atom. The number of para-hydroxylation sites is 3. The van der Waals surface area contributed by atoms with Gasteiger partial charge in [0.2, 0.25) is 0 Å². The van der Waals surface area contributed by atoms with E-state index in [1.807, 2.05) is 72.9 Å². The van der Waals surface area contributed by atoms with Crippen LogP contribution >= 0.6 is 0 Å². The Morgan fingerprint density at radius 3 is 1.29 bits per heavy atom. The van der Waals surface area contributed by atoms with Gasteiger partial charge in [-0.2, -0.15) is 0 Å². The third-order valence-corrected chi connectivity index (χ3v) is 11.8. The molecule has 4 heterocycles. The normalized spacial score (nSPS) is 11.5. The number of rotatable bonds is 7. The lowest BCUT2D eigenvalue weighted by molar-refractivity contribution is 1.07. The molecule has 0 radical (unpaired) electrons. The maximum atomic E-state index is 4.98. The van der Waals surface area contributed by atoms with Crippen LogP contribution in [-0.2, 0) is 0 Å². The first-order chi connectivity index (χ1) is 30.7. The highest BCUT2D eigenvalue weighted by Crippen LogP contribution is 2.38. The van der Waals surface area contributed by atoms with Gasteiger partial charge in [-0.05, 0) is 71.8 Å². The fourth-order valence-electron chi connectivity index (χ4n) is 8.88. The Labute approximate surface area is 357 Å². The van der Waals surface area contributed by atoms with Crippen LogP contribution in [0.2, 0.25) is 0 Å². The van der Waals surface area contributed by atoms with E-state index < -0.39 is 0 Å². The number of pyridine rings is 1. The van der Waals surface area contributed by atoms with Gasteiger partial charge in [0.05, 0.1) is 27.8 Å². The molecule has 0 amide bonds. The second-order valence-electron chi connectivity index (χ2n) is 15.5. The zero-order chi connectivity index (χ0) is 41.0. The highest BCUT2D eigenvalue weighted by Gasteiger charge is 2.17. The molecule has 0 aliphatic carbocycles. The van der Waals surface area contributed by atoms with Gasteiger partial charge in [-0.15, -0.1) is 0 Å². The quantitative estimate of drug-likeness (QED) is 0.161. The van der Waals surface area contributed by atoms with Crippen LogP contribution in [0.15, 0.2) is 219 Å². The van der Waals surface area contributed by atoms with Crippen molar-refractivity contribution in [2.45, 2.75) is 0 Å². The van der Waals surface area contributed by atoms with Gasteiger partial charge in [-0.3, -0.25) is 4.98 Å². The molecule has 0 aliphatic heterocycles. The summed E-state index contributed by atoms with van der Waals surface area (Å²) in [6, 6.07) is 74.5. The van der Waals surface area contributed by atoms with Crippen molar-refractivity contribution in [3.8, 4) is 67.9 Å². The van der Waals surface area contributed by atoms with Crippen molar-refractivity contribution in [3.63, 3.8) is 0 Å². The first-order valence-electron chi connectivity index (χ1n) is 20.8. The summed E-state index contributed by atoms with van der Waals surface area (Å²) in [6.45, 7) is 0. The Bertz CT molecular complexity index is 3550. The second-order valence-corrected chi connectivity index (χ2v) is 15.5. The summed E-state index contributed by atoms with van der Waals surface area (Å²) < 4.78 is 4.74. The van der Waals surface area contributed by atoms with E-state index >= 15 is 0 Å². The maximum Gasteiger partial charge on any atom is 0.164 e. The van der Waals surface area contributed by atoms with E-state index in [-0.39, 0.29) is 0 Å². The summed E-state index contributed by atoms with van der Waals surface area (Å²) in [5, 5.41) is 4.88. The van der Waals surface area contributed by atoms with E-state index in [1.54, 1.807) is 0 Å². The molecular weight excluding hydrogens is 757 g/mol. The lowest BCUT2D eigenvalue weighted by Gasteiger charge is -2.12. The highest BCUT2D eigenvalue weighted by atomic mass is 15.0. The average molecular weight is 793 g/mol. The molecule has 8 aromatic carbocycles. The molecule has 0 saturated carbocycles. The van der Waals surface area contributed by atoms with Gasteiger partial charge < -0.3 is 9.13 Å². The summed E-state index contributed by atoms with van der Waals surface area (Å²) in [5.74, 6) is 1.85. The first kappa shape index (κ1) is 35.5. The Kier molecular flexibility index (Phi) is 8.38. The number of nitrogens with zero attached hydrogens (tertiary/aromatic N) is 6. The predicted octanol–water partition coefficient (Wildman–Crippen LogP) is 13.8. The molecule has 62 heavy (non-hydrogen) atoms. The molecule has 290 valence electrons. The number of aromatic nitrogens is 6. The molecular formula is C56H36N6. The van der Waals surface area contributed by atoms with Crippen molar-refractivity contribution in [1.82, 2.24) is 29.1 Å². The van der Waals surface area contributed by atoms with Crippen molar-refractivity contribution in [3.05, 3.63) is 219 Å². The van der Waals surface area contributed by atoms with Crippen molar-refractivity contribution >= 4 is 43.6 Å². The lowest BCUT2D eigenvalue weighted by atomic mass is 10.0.